The molecule has 0 saturated carbocycles. The molecule has 98 valence electrons. The van der Waals surface area contributed by atoms with Gasteiger partial charge in [0.05, 0.1) is 0 Å². The minimum absolute atomic E-state index is 0.0645. The lowest BCUT2D eigenvalue weighted by atomic mass is 9.77. The van der Waals surface area contributed by atoms with Gasteiger partial charge in [0.15, 0.2) is 0 Å². The molecule has 1 amide bonds. The molecule has 0 aromatic heterocycles. The molecule has 0 fully saturated rings. The topological polar surface area (TPSA) is 29.1 Å². The van der Waals surface area contributed by atoms with Crippen LogP contribution in [-0.4, -0.2) is 11.9 Å². The van der Waals surface area contributed by atoms with E-state index in [0.29, 0.717) is 0 Å². The largest absolute Gasteiger partial charge is 0.354 e. The number of amides is 1. The second kappa shape index (κ2) is 8.60. The zero-order chi connectivity index (χ0) is 13.4. The Labute approximate surface area is 102 Å². The normalized spacial score (nSPS) is 12.8. The molecule has 0 aliphatic rings. The number of carbonyl (C=O) groups excluding carboxylic acids is 1. The van der Waals surface area contributed by atoms with Crippen LogP contribution in [0.3, 0.4) is 0 Å². The first-order valence-corrected chi connectivity index (χ1v) is 6.59. The molecular weight excluding hydrogens is 198 g/mol. The average Bonchev–Trinajstić information content (AvgIpc) is 2.14. The van der Waals surface area contributed by atoms with Crippen LogP contribution in [0.1, 0.15) is 68.2 Å². The van der Waals surface area contributed by atoms with Crippen LogP contribution in [0.15, 0.2) is 0 Å². The molecule has 0 rings (SSSR count). The monoisotopic (exact) mass is 229 g/mol. The van der Waals surface area contributed by atoms with Crippen molar-refractivity contribution in [3.63, 3.8) is 0 Å². The van der Waals surface area contributed by atoms with Gasteiger partial charge in [-0.05, 0) is 25.7 Å². The summed E-state index contributed by atoms with van der Waals surface area (Å²) < 4.78 is 0. The van der Waals surface area contributed by atoms with Gasteiger partial charge in [0.1, 0.15) is 0 Å². The van der Waals surface area contributed by atoms with Gasteiger partial charge in [-0.25, -0.2) is 0 Å². The molecule has 0 radical (unpaired) electrons. The van der Waals surface area contributed by atoms with E-state index in [-0.39, 0.29) is 23.3 Å². The van der Waals surface area contributed by atoms with Crippen molar-refractivity contribution in [3.8, 4) is 0 Å². The fourth-order valence-corrected chi connectivity index (χ4v) is 1.63. The zero-order valence-corrected chi connectivity index (χ0v) is 12.5. The maximum atomic E-state index is 11.9. The lowest BCUT2D eigenvalue weighted by Crippen LogP contribution is -2.41. The van der Waals surface area contributed by atoms with E-state index in [1.54, 1.807) is 0 Å². The summed E-state index contributed by atoms with van der Waals surface area (Å²) in [5.74, 6) is 0.337. The van der Waals surface area contributed by atoms with Crippen molar-refractivity contribution in [2.24, 2.45) is 11.3 Å². The third-order valence-electron chi connectivity index (χ3n) is 2.37. The third-order valence-corrected chi connectivity index (χ3v) is 2.37. The molecular formula is C14H31NO. The van der Waals surface area contributed by atoms with E-state index in [9.17, 15) is 4.79 Å². The van der Waals surface area contributed by atoms with E-state index < -0.39 is 0 Å². The van der Waals surface area contributed by atoms with Crippen LogP contribution < -0.4 is 5.32 Å². The van der Waals surface area contributed by atoms with Crippen LogP contribution >= 0.6 is 0 Å². The van der Waals surface area contributed by atoms with Crippen molar-refractivity contribution in [2.75, 3.05) is 0 Å². The van der Waals surface area contributed by atoms with Crippen molar-refractivity contribution in [1.82, 2.24) is 5.32 Å². The number of carbonyl (C=O) groups is 1. The first-order valence-electron chi connectivity index (χ1n) is 6.59. The average molecular weight is 229 g/mol. The van der Waals surface area contributed by atoms with Crippen LogP contribution in [0.4, 0.5) is 0 Å². The summed E-state index contributed by atoms with van der Waals surface area (Å²) in [6, 6.07) is 0.240. The van der Waals surface area contributed by atoms with Gasteiger partial charge in [0.2, 0.25) is 5.91 Å². The molecule has 0 saturated heterocycles. The van der Waals surface area contributed by atoms with Gasteiger partial charge in [-0.3, -0.25) is 4.79 Å². The van der Waals surface area contributed by atoms with Crippen LogP contribution in [-0.2, 0) is 4.79 Å². The number of nitrogens with one attached hydrogen (secondary N) is 1. The Balaban J connectivity index is 0. The summed E-state index contributed by atoms with van der Waals surface area (Å²) in [4.78, 5) is 11.9. The smallest absolute Gasteiger partial charge is 0.223 e. The highest BCUT2D eigenvalue weighted by atomic mass is 16.1. The van der Waals surface area contributed by atoms with E-state index in [2.05, 4.69) is 33.0 Å². The molecule has 2 nitrogen and oxygen atoms in total. The Morgan fingerprint density at radius 2 is 1.62 bits per heavy atom. The van der Waals surface area contributed by atoms with Gasteiger partial charge in [-0.15, -0.1) is 0 Å². The summed E-state index contributed by atoms with van der Waals surface area (Å²) in [6.45, 7) is 16.5. The lowest BCUT2D eigenvalue weighted by Gasteiger charge is -2.30. The second-order valence-electron chi connectivity index (χ2n) is 5.37. The third kappa shape index (κ3) is 7.72. The van der Waals surface area contributed by atoms with E-state index in [0.717, 1.165) is 12.8 Å². The van der Waals surface area contributed by atoms with Gasteiger partial charge >= 0.3 is 0 Å². The number of rotatable bonds is 4. The van der Waals surface area contributed by atoms with E-state index in [4.69, 9.17) is 0 Å². The molecule has 1 unspecified atom stereocenters. The first-order chi connectivity index (χ1) is 7.29. The minimum atomic E-state index is 0.0645. The molecule has 1 N–H and O–H groups in total. The summed E-state index contributed by atoms with van der Waals surface area (Å²) in [5, 5.41) is 3.00. The van der Waals surface area contributed by atoms with Crippen molar-refractivity contribution in [2.45, 2.75) is 74.3 Å². The highest BCUT2D eigenvalue weighted by molar-refractivity contribution is 5.79. The van der Waals surface area contributed by atoms with Gasteiger partial charge < -0.3 is 5.32 Å². The van der Waals surface area contributed by atoms with Crippen LogP contribution in [0, 0.1) is 11.3 Å². The summed E-state index contributed by atoms with van der Waals surface area (Å²) >= 11 is 0. The highest BCUT2D eigenvalue weighted by Gasteiger charge is 2.30. The molecule has 0 bridgehead atoms. The molecule has 0 aliphatic carbocycles. The van der Waals surface area contributed by atoms with E-state index in [1.807, 2.05) is 27.7 Å². The predicted molar refractivity (Wildman–Crippen MR) is 72.5 cm³/mol. The Kier molecular flexibility index (Phi) is 9.60. The van der Waals surface area contributed by atoms with Gasteiger partial charge in [-0.1, -0.05) is 48.0 Å². The SMILES string of the molecule is CC.CCCC(C(=O)NC(C)C)C(C)(C)C. The number of hydrogen-bond donors (Lipinski definition) is 1. The second-order valence-corrected chi connectivity index (χ2v) is 5.37. The quantitative estimate of drug-likeness (QED) is 0.775. The Morgan fingerprint density at radius 1 is 1.19 bits per heavy atom. The van der Waals surface area contributed by atoms with Crippen molar-refractivity contribution in [3.05, 3.63) is 0 Å². The molecule has 16 heavy (non-hydrogen) atoms. The fourth-order valence-electron chi connectivity index (χ4n) is 1.63. The number of hydrogen-bond acceptors (Lipinski definition) is 1. The van der Waals surface area contributed by atoms with Crippen molar-refractivity contribution >= 4 is 5.91 Å². The van der Waals surface area contributed by atoms with Gasteiger partial charge in [-0.2, -0.15) is 0 Å². The lowest BCUT2D eigenvalue weighted by molar-refractivity contribution is -0.129. The Morgan fingerprint density at radius 3 is 1.88 bits per heavy atom. The molecule has 0 aromatic rings. The van der Waals surface area contributed by atoms with E-state index >= 15 is 0 Å². The van der Waals surface area contributed by atoms with Gasteiger partial charge in [0.25, 0.3) is 0 Å². The van der Waals surface area contributed by atoms with E-state index in [1.165, 1.54) is 0 Å². The van der Waals surface area contributed by atoms with Crippen molar-refractivity contribution in [1.29, 1.82) is 0 Å². The Bertz CT molecular complexity index is 180. The summed E-state index contributed by atoms with van der Waals surface area (Å²) in [5.41, 5.74) is 0.0645. The molecule has 2 heteroatoms. The molecule has 0 spiro atoms. The Hall–Kier alpha value is -0.530. The van der Waals surface area contributed by atoms with Crippen molar-refractivity contribution < 1.29 is 4.79 Å². The van der Waals surface area contributed by atoms with Crippen LogP contribution in [0.5, 0.6) is 0 Å². The first kappa shape index (κ1) is 17.9. The fraction of sp³-hybridized carbons (Fsp3) is 0.929. The summed E-state index contributed by atoms with van der Waals surface area (Å²) in [7, 11) is 0. The minimum Gasteiger partial charge on any atom is -0.354 e. The standard InChI is InChI=1S/C12H25NO.C2H6/c1-7-8-10(12(4,5)6)11(14)13-9(2)3;1-2/h9-10H,7-8H2,1-6H3,(H,13,14);1-2H3. The maximum absolute atomic E-state index is 11.9. The predicted octanol–water partition coefficient (Wildman–Crippen LogP) is 4.00. The highest BCUT2D eigenvalue weighted by Crippen LogP contribution is 2.29. The summed E-state index contributed by atoms with van der Waals surface area (Å²) in [6.07, 6.45) is 2.04. The van der Waals surface area contributed by atoms with Crippen LogP contribution in [0.25, 0.3) is 0 Å². The molecule has 0 heterocycles. The molecule has 1 atom stereocenters. The van der Waals surface area contributed by atoms with Crippen LogP contribution in [0.2, 0.25) is 0 Å². The zero-order valence-electron chi connectivity index (χ0n) is 12.5. The van der Waals surface area contributed by atoms with Gasteiger partial charge in [0, 0.05) is 12.0 Å². The maximum Gasteiger partial charge on any atom is 0.223 e. The molecule has 0 aromatic carbocycles. The molecule has 0 aliphatic heterocycles.